The van der Waals surface area contributed by atoms with Gasteiger partial charge in [-0.15, -0.1) is 5.73 Å². The number of hydrogen-bond donors (Lipinski definition) is 0. The molecule has 6 radical (unpaired) electrons. The molecule has 7 nitrogen and oxygen atoms in total. The van der Waals surface area contributed by atoms with Gasteiger partial charge in [-0.2, -0.15) is 0 Å². The predicted molar refractivity (Wildman–Crippen MR) is 102 cm³/mol. The van der Waals surface area contributed by atoms with E-state index in [0.717, 1.165) is 5.76 Å². The number of rotatable bonds is 3. The Morgan fingerprint density at radius 2 is 1.34 bits per heavy atom. The van der Waals surface area contributed by atoms with Crippen molar-refractivity contribution in [1.82, 2.24) is 0 Å². The van der Waals surface area contributed by atoms with E-state index in [4.69, 9.17) is 4.74 Å². The van der Waals surface area contributed by atoms with Crippen molar-refractivity contribution in [3.05, 3.63) is 117 Å². The molecule has 0 atom stereocenters. The van der Waals surface area contributed by atoms with E-state index >= 15 is 0 Å². The fourth-order valence-electron chi connectivity index (χ4n) is 1.50. The third kappa shape index (κ3) is 14.4. The van der Waals surface area contributed by atoms with Crippen LogP contribution < -0.4 is 24.8 Å². The minimum absolute atomic E-state index is 0. The molecular formula is C19H15BiCl2N2O5. The molecule has 0 N–H and O–H groups in total. The molecular weight excluding hydrogens is 616 g/mol. The summed E-state index contributed by atoms with van der Waals surface area (Å²) in [5.74, 6) is 0.878. The molecule has 0 saturated carbocycles. The molecule has 0 aliphatic heterocycles. The Hall–Kier alpha value is -2.24. The van der Waals surface area contributed by atoms with Crippen molar-refractivity contribution in [3.63, 3.8) is 0 Å². The Morgan fingerprint density at radius 1 is 0.862 bits per heavy atom. The Morgan fingerprint density at radius 3 is 1.55 bits per heavy atom. The monoisotopic (exact) mass is 630 g/mol. The summed E-state index contributed by atoms with van der Waals surface area (Å²) in [6.45, 7) is 0. The van der Waals surface area contributed by atoms with Gasteiger partial charge in [-0.25, -0.2) is 0 Å². The minimum atomic E-state index is -0.472. The Kier molecular flexibility index (Phi) is 20.7. The first-order valence-corrected chi connectivity index (χ1v) is 7.27. The second-order valence-electron chi connectivity index (χ2n) is 4.45. The number of nitro benzene ring substituents is 2. The number of hydrogen-bond acceptors (Lipinski definition) is 5. The van der Waals surface area contributed by atoms with Gasteiger partial charge in [0.25, 0.3) is 11.4 Å². The average Bonchev–Trinajstić information content (AvgIpc) is 2.71. The quantitative estimate of drug-likeness (QED) is 0.167. The van der Waals surface area contributed by atoms with Crippen LogP contribution in [0.1, 0.15) is 0 Å². The van der Waals surface area contributed by atoms with Gasteiger partial charge in [0, 0.05) is 12.1 Å². The van der Waals surface area contributed by atoms with E-state index in [2.05, 4.69) is 17.9 Å². The molecule has 0 bridgehead atoms. The van der Waals surface area contributed by atoms with Crippen LogP contribution in [-0.4, -0.2) is 43.2 Å². The number of nitro groups is 2. The molecule has 0 aromatic heterocycles. The van der Waals surface area contributed by atoms with Gasteiger partial charge in [0.2, 0.25) is 0 Å². The van der Waals surface area contributed by atoms with Gasteiger partial charge >= 0.3 is 26.2 Å². The van der Waals surface area contributed by atoms with Crippen molar-refractivity contribution in [3.8, 4) is 0 Å². The van der Waals surface area contributed by atoms with E-state index < -0.39 is 9.85 Å². The summed E-state index contributed by atoms with van der Waals surface area (Å²) in [4.78, 5) is 19.0. The van der Waals surface area contributed by atoms with Crippen LogP contribution in [0, 0.1) is 38.8 Å². The number of methoxy groups -OCH3 is 1. The third-order valence-corrected chi connectivity index (χ3v) is 2.70. The van der Waals surface area contributed by atoms with Crippen molar-refractivity contribution in [1.29, 1.82) is 0 Å². The molecule has 1 aliphatic carbocycles. The Bertz CT molecular complexity index is 762. The Labute approximate surface area is 200 Å². The predicted octanol–water partition coefficient (Wildman–Crippen LogP) is -2.14. The summed E-state index contributed by atoms with van der Waals surface area (Å²) >= 11 is 0. The van der Waals surface area contributed by atoms with Gasteiger partial charge in [-0.1, -0.05) is 24.3 Å². The van der Waals surface area contributed by atoms with Gasteiger partial charge < -0.3 is 29.6 Å². The maximum Gasteiger partial charge on any atom is 2.00 e. The molecule has 29 heavy (non-hydrogen) atoms. The fourth-order valence-corrected chi connectivity index (χ4v) is 1.50. The minimum Gasteiger partial charge on any atom is -1.00 e. The number of benzene rings is 2. The van der Waals surface area contributed by atoms with Gasteiger partial charge in [0.1, 0.15) is 5.76 Å². The first-order chi connectivity index (χ1) is 12.5. The number of nitrogens with zero attached hydrogens (tertiary/aromatic N) is 2. The number of non-ortho nitro benzene ring substituents is 2. The first-order valence-electron chi connectivity index (χ1n) is 7.27. The van der Waals surface area contributed by atoms with Gasteiger partial charge in [0.15, 0.2) is 0 Å². The van der Waals surface area contributed by atoms with Crippen LogP contribution in [0.25, 0.3) is 0 Å². The standard InChI is InChI=1S/C7H7O.2C6H4NO2.Bi.2ClH/c1-8-7-5-3-2-4-6-7;2*8-7(9)6-4-2-1-3-5-6;;;/h3-6H,1H3;2*1-4H;;2*1H/q;;;+2;;/p-2. The van der Waals surface area contributed by atoms with Gasteiger partial charge in [0.05, 0.1) is 35.5 Å². The van der Waals surface area contributed by atoms with Crippen LogP contribution >= 0.6 is 0 Å². The zero-order chi connectivity index (χ0) is 19.2. The smallest absolute Gasteiger partial charge is 1.00 e. The van der Waals surface area contributed by atoms with E-state index in [0.29, 0.717) is 0 Å². The largest absolute Gasteiger partial charge is 2.00 e. The number of para-hydroxylation sites is 2. The summed E-state index contributed by atoms with van der Waals surface area (Å²) in [5.41, 5.74) is 2.91. The van der Waals surface area contributed by atoms with Crippen LogP contribution in [0.2, 0.25) is 0 Å². The van der Waals surface area contributed by atoms with Crippen LogP contribution in [-0.2, 0) is 4.74 Å². The molecule has 10 heteroatoms. The molecule has 1 aliphatic rings. The molecule has 150 valence electrons. The summed E-state index contributed by atoms with van der Waals surface area (Å²) in [5, 5.41) is 20.0. The van der Waals surface area contributed by atoms with Crippen molar-refractivity contribution < 1.29 is 39.4 Å². The molecule has 2 aromatic rings. The van der Waals surface area contributed by atoms with Crippen molar-refractivity contribution in [2.24, 2.45) is 0 Å². The molecule has 2 aromatic carbocycles. The summed E-state index contributed by atoms with van der Waals surface area (Å²) < 4.78 is 4.89. The van der Waals surface area contributed by atoms with Gasteiger partial charge in [-0.05, 0) is 30.4 Å². The van der Waals surface area contributed by atoms with Crippen LogP contribution in [0.4, 0.5) is 11.4 Å². The van der Waals surface area contributed by atoms with E-state index in [1.165, 1.54) is 24.3 Å². The first kappa shape index (κ1) is 31.5. The maximum atomic E-state index is 9.98. The second-order valence-corrected chi connectivity index (χ2v) is 4.45. The van der Waals surface area contributed by atoms with E-state index in [1.807, 2.05) is 24.6 Å². The Balaban J connectivity index is -0.000000333. The second kappa shape index (κ2) is 19.1. The third-order valence-electron chi connectivity index (χ3n) is 2.70. The maximum absolute atomic E-state index is 9.98. The van der Waals surface area contributed by atoms with Crippen LogP contribution in [0.15, 0.2) is 78.2 Å². The van der Waals surface area contributed by atoms with Gasteiger partial charge in [-0.3, -0.25) is 20.2 Å². The molecule has 0 amide bonds. The number of ether oxygens (including phenoxy) is 1. The number of allylic oxidation sites excluding steroid dienone is 2. The molecule has 3 rings (SSSR count). The summed E-state index contributed by atoms with van der Waals surface area (Å²) in [6, 6.07) is 17.4. The topological polar surface area (TPSA) is 95.5 Å². The zero-order valence-corrected chi connectivity index (χ0v) is 20.1. The molecule has 0 unspecified atom stereocenters. The van der Waals surface area contributed by atoms with Crippen LogP contribution in [0.5, 0.6) is 0 Å². The molecule has 0 spiro atoms. The summed E-state index contributed by atoms with van der Waals surface area (Å²) in [7, 11) is 1.65. The summed E-state index contributed by atoms with van der Waals surface area (Å²) in [6.07, 6.45) is 7.36. The van der Waals surface area contributed by atoms with Crippen LogP contribution in [0.3, 0.4) is 0 Å². The van der Waals surface area contributed by atoms with Crippen molar-refractivity contribution in [2.75, 3.05) is 7.11 Å². The SMILES string of the molecule is COC1=CC=C=C[CH]1.O=[N+]([O-])c1[c]cccc1.O=[N+]([O-])c1[c]cccc1.[Bi+2].[Cl-].[Cl-]. The van der Waals surface area contributed by atoms with E-state index in [-0.39, 0.29) is 62.4 Å². The zero-order valence-electron chi connectivity index (χ0n) is 15.1. The molecule has 0 heterocycles. The number of halogens is 2. The van der Waals surface area contributed by atoms with Crippen molar-refractivity contribution in [2.45, 2.75) is 0 Å². The average molecular weight is 631 g/mol. The normalized spacial score (nSPS) is 9.90. The fraction of sp³-hybridized carbons (Fsp3) is 0.0526. The molecule has 0 fully saturated rings. The van der Waals surface area contributed by atoms with E-state index in [1.54, 1.807) is 31.4 Å². The van der Waals surface area contributed by atoms with Crippen molar-refractivity contribution >= 4 is 37.6 Å². The van der Waals surface area contributed by atoms with E-state index in [9.17, 15) is 20.2 Å². The molecule has 0 saturated heterocycles.